The van der Waals surface area contributed by atoms with Gasteiger partial charge >= 0.3 is 0 Å². The van der Waals surface area contributed by atoms with E-state index in [0.717, 1.165) is 29.7 Å². The molecule has 0 aromatic carbocycles. The van der Waals surface area contributed by atoms with Gasteiger partial charge < -0.3 is 14.3 Å². The fourth-order valence-corrected chi connectivity index (χ4v) is 3.83. The Morgan fingerprint density at radius 3 is 2.66 bits per heavy atom. The fraction of sp³-hybridized carbons (Fsp3) is 0.381. The molecule has 1 aliphatic rings. The summed E-state index contributed by atoms with van der Waals surface area (Å²) in [6.07, 6.45) is 7.10. The van der Waals surface area contributed by atoms with Crippen LogP contribution in [0.15, 0.2) is 35.2 Å². The largest absolute Gasteiger partial charge is 0.361 e. The van der Waals surface area contributed by atoms with Crippen LogP contribution in [-0.4, -0.2) is 51.6 Å². The van der Waals surface area contributed by atoms with Crippen LogP contribution in [0.1, 0.15) is 46.4 Å². The summed E-state index contributed by atoms with van der Waals surface area (Å²) in [5.41, 5.74) is 3.92. The van der Waals surface area contributed by atoms with Gasteiger partial charge in [0.05, 0.1) is 17.4 Å². The molecule has 0 radical (unpaired) electrons. The third-order valence-electron chi connectivity index (χ3n) is 5.27. The molecule has 1 aliphatic heterocycles. The highest BCUT2D eigenvalue weighted by atomic mass is 16.5. The maximum absolute atomic E-state index is 13.4. The maximum atomic E-state index is 13.4. The number of amides is 1. The van der Waals surface area contributed by atoms with E-state index in [0.29, 0.717) is 29.5 Å². The average Bonchev–Trinajstić information content (AvgIpc) is 3.34. The van der Waals surface area contributed by atoms with Crippen LogP contribution in [0.2, 0.25) is 0 Å². The SMILES string of the molecule is Cc1noc(C)c1C(=O)N1CCC[C@@H]1c1nc(N(C)C)ncc1-c1ccncc1. The third kappa shape index (κ3) is 3.46. The lowest BCUT2D eigenvalue weighted by atomic mass is 10.00. The monoisotopic (exact) mass is 392 g/mol. The molecule has 8 nitrogen and oxygen atoms in total. The molecule has 0 aliphatic carbocycles. The first kappa shape index (κ1) is 19.0. The number of aryl methyl sites for hydroxylation is 2. The minimum absolute atomic E-state index is 0.0607. The summed E-state index contributed by atoms with van der Waals surface area (Å²) >= 11 is 0. The Morgan fingerprint density at radius 2 is 2.00 bits per heavy atom. The van der Waals surface area contributed by atoms with Crippen molar-refractivity contribution >= 4 is 11.9 Å². The molecule has 29 heavy (non-hydrogen) atoms. The molecular weight excluding hydrogens is 368 g/mol. The second-order valence-electron chi connectivity index (χ2n) is 7.45. The van der Waals surface area contributed by atoms with E-state index >= 15 is 0 Å². The van der Waals surface area contributed by atoms with Gasteiger partial charge in [0.1, 0.15) is 11.3 Å². The summed E-state index contributed by atoms with van der Waals surface area (Å²) in [6.45, 7) is 4.24. The number of anilines is 1. The Bertz CT molecular complexity index is 1010. The molecule has 3 aromatic heterocycles. The predicted octanol–water partition coefficient (Wildman–Crippen LogP) is 3.19. The van der Waals surface area contributed by atoms with Gasteiger partial charge in [-0.1, -0.05) is 5.16 Å². The van der Waals surface area contributed by atoms with Crippen molar-refractivity contribution in [3.05, 3.63) is 53.4 Å². The van der Waals surface area contributed by atoms with Crippen LogP contribution >= 0.6 is 0 Å². The first-order valence-electron chi connectivity index (χ1n) is 9.66. The average molecular weight is 392 g/mol. The van der Waals surface area contributed by atoms with Crippen LogP contribution < -0.4 is 4.90 Å². The van der Waals surface area contributed by atoms with Crippen LogP contribution in [0.5, 0.6) is 0 Å². The van der Waals surface area contributed by atoms with Crippen molar-refractivity contribution in [1.29, 1.82) is 0 Å². The van der Waals surface area contributed by atoms with Gasteiger partial charge in [-0.15, -0.1) is 0 Å². The molecule has 0 spiro atoms. The maximum Gasteiger partial charge on any atom is 0.259 e. The fourth-order valence-electron chi connectivity index (χ4n) is 3.83. The van der Waals surface area contributed by atoms with Gasteiger partial charge in [-0.25, -0.2) is 9.97 Å². The second kappa shape index (κ2) is 7.62. The number of carbonyl (C=O) groups excluding carboxylic acids is 1. The molecule has 0 saturated carbocycles. The molecule has 1 saturated heterocycles. The molecule has 3 aromatic rings. The van der Waals surface area contributed by atoms with E-state index in [-0.39, 0.29) is 11.9 Å². The highest BCUT2D eigenvalue weighted by Crippen LogP contribution is 2.38. The molecule has 1 atom stereocenters. The number of pyridine rings is 1. The molecule has 150 valence electrons. The summed E-state index contributed by atoms with van der Waals surface area (Å²) in [5, 5.41) is 3.95. The van der Waals surface area contributed by atoms with E-state index in [1.807, 2.05) is 42.2 Å². The Kier molecular flexibility index (Phi) is 5.00. The third-order valence-corrected chi connectivity index (χ3v) is 5.27. The molecule has 0 bridgehead atoms. The zero-order valence-corrected chi connectivity index (χ0v) is 17.1. The highest BCUT2D eigenvalue weighted by molar-refractivity contribution is 5.96. The molecule has 1 fully saturated rings. The van der Waals surface area contributed by atoms with Gasteiger partial charge in [-0.3, -0.25) is 9.78 Å². The summed E-state index contributed by atoms with van der Waals surface area (Å²) in [5.74, 6) is 1.10. The van der Waals surface area contributed by atoms with E-state index in [1.54, 1.807) is 26.2 Å². The van der Waals surface area contributed by atoms with Crippen molar-refractivity contribution in [2.75, 3.05) is 25.5 Å². The summed E-state index contributed by atoms with van der Waals surface area (Å²) < 4.78 is 5.22. The lowest BCUT2D eigenvalue weighted by molar-refractivity contribution is 0.0731. The van der Waals surface area contributed by atoms with E-state index in [2.05, 4.69) is 15.1 Å². The lowest BCUT2D eigenvalue weighted by Gasteiger charge is -2.26. The smallest absolute Gasteiger partial charge is 0.259 e. The number of nitrogens with zero attached hydrogens (tertiary/aromatic N) is 6. The molecule has 0 N–H and O–H groups in total. The summed E-state index contributed by atoms with van der Waals surface area (Å²) in [6, 6.07) is 3.74. The molecule has 1 amide bonds. The van der Waals surface area contributed by atoms with Gasteiger partial charge in [0, 0.05) is 44.8 Å². The highest BCUT2D eigenvalue weighted by Gasteiger charge is 2.36. The van der Waals surface area contributed by atoms with Gasteiger partial charge in [-0.2, -0.15) is 0 Å². The Labute approximate surface area is 169 Å². The molecule has 0 unspecified atom stereocenters. The molecule has 4 rings (SSSR count). The van der Waals surface area contributed by atoms with Crippen LogP contribution in [0.4, 0.5) is 5.95 Å². The van der Waals surface area contributed by atoms with E-state index in [9.17, 15) is 4.79 Å². The number of carbonyl (C=O) groups is 1. The Hall–Kier alpha value is -3.29. The van der Waals surface area contributed by atoms with Crippen molar-refractivity contribution < 1.29 is 9.32 Å². The first-order valence-corrected chi connectivity index (χ1v) is 9.66. The Morgan fingerprint density at radius 1 is 1.24 bits per heavy atom. The van der Waals surface area contributed by atoms with E-state index < -0.39 is 0 Å². The standard InChI is InChI=1S/C21H24N6O2/c1-13-18(14(2)29-25-13)20(28)27-11-5-6-17(27)19-16(15-7-9-22-10-8-15)12-23-21(24-19)26(3)4/h7-10,12,17H,5-6,11H2,1-4H3/t17-/m1/s1. The van der Waals surface area contributed by atoms with E-state index in [1.165, 1.54) is 0 Å². The van der Waals surface area contributed by atoms with Gasteiger partial charge in [-0.05, 0) is 44.4 Å². The van der Waals surface area contributed by atoms with Crippen molar-refractivity contribution in [1.82, 2.24) is 25.0 Å². The normalized spacial score (nSPS) is 16.3. The molecule has 8 heteroatoms. The predicted molar refractivity (Wildman–Crippen MR) is 109 cm³/mol. The quantitative estimate of drug-likeness (QED) is 0.674. The molecule has 4 heterocycles. The lowest BCUT2D eigenvalue weighted by Crippen LogP contribution is -2.32. The van der Waals surface area contributed by atoms with Crippen LogP contribution in [0, 0.1) is 13.8 Å². The summed E-state index contributed by atoms with van der Waals surface area (Å²) in [7, 11) is 3.82. The zero-order chi connectivity index (χ0) is 20.5. The number of aromatic nitrogens is 4. The number of rotatable bonds is 4. The molecular formula is C21H24N6O2. The minimum Gasteiger partial charge on any atom is -0.361 e. The van der Waals surface area contributed by atoms with Crippen LogP contribution in [-0.2, 0) is 0 Å². The van der Waals surface area contributed by atoms with Gasteiger partial charge in [0.2, 0.25) is 5.95 Å². The summed E-state index contributed by atoms with van der Waals surface area (Å²) in [4.78, 5) is 30.6. The van der Waals surface area contributed by atoms with Gasteiger partial charge in [0.15, 0.2) is 0 Å². The van der Waals surface area contributed by atoms with Gasteiger partial charge in [0.25, 0.3) is 5.91 Å². The van der Waals surface area contributed by atoms with Crippen molar-refractivity contribution in [3.63, 3.8) is 0 Å². The number of hydrogen-bond acceptors (Lipinski definition) is 7. The van der Waals surface area contributed by atoms with Crippen molar-refractivity contribution in [2.24, 2.45) is 0 Å². The first-order chi connectivity index (χ1) is 14.0. The zero-order valence-electron chi connectivity index (χ0n) is 17.1. The van der Waals surface area contributed by atoms with Crippen LogP contribution in [0.3, 0.4) is 0 Å². The topological polar surface area (TPSA) is 88.3 Å². The minimum atomic E-state index is -0.138. The van der Waals surface area contributed by atoms with Crippen LogP contribution in [0.25, 0.3) is 11.1 Å². The van der Waals surface area contributed by atoms with E-state index in [4.69, 9.17) is 9.51 Å². The van der Waals surface area contributed by atoms with Crippen molar-refractivity contribution in [3.8, 4) is 11.1 Å². The Balaban J connectivity index is 1.80. The second-order valence-corrected chi connectivity index (χ2v) is 7.45. The van der Waals surface area contributed by atoms with Crippen molar-refractivity contribution in [2.45, 2.75) is 32.7 Å². The number of likely N-dealkylation sites (tertiary alicyclic amines) is 1. The number of hydrogen-bond donors (Lipinski definition) is 0.